The van der Waals surface area contributed by atoms with Crippen LogP contribution in [0.1, 0.15) is 5.69 Å². The van der Waals surface area contributed by atoms with Crippen molar-refractivity contribution >= 4 is 32.4 Å². The number of benzene rings is 1. The SMILES string of the molecule is Cc1[nH]c2ccccc2c1-c1nc(N)sc1N. The third-order valence-electron chi connectivity index (χ3n) is 2.80. The molecule has 3 aromatic rings. The third kappa shape index (κ3) is 1.47. The van der Waals surface area contributed by atoms with Crippen molar-refractivity contribution in [2.24, 2.45) is 0 Å². The summed E-state index contributed by atoms with van der Waals surface area (Å²) in [6, 6.07) is 8.10. The quantitative estimate of drug-likeness (QED) is 0.615. The summed E-state index contributed by atoms with van der Waals surface area (Å²) >= 11 is 1.32. The Hall–Kier alpha value is -2.01. The molecule has 0 bridgehead atoms. The van der Waals surface area contributed by atoms with Crippen LogP contribution in [0, 0.1) is 6.92 Å². The minimum Gasteiger partial charge on any atom is -0.389 e. The van der Waals surface area contributed by atoms with Gasteiger partial charge in [0.15, 0.2) is 5.13 Å². The Labute approximate surface area is 102 Å². The Morgan fingerprint density at radius 2 is 2.00 bits per heavy atom. The zero-order valence-electron chi connectivity index (χ0n) is 9.32. The van der Waals surface area contributed by atoms with E-state index in [1.807, 2.05) is 25.1 Å². The summed E-state index contributed by atoms with van der Waals surface area (Å²) in [4.78, 5) is 7.65. The second-order valence-corrected chi connectivity index (χ2v) is 5.00. The molecule has 5 N–H and O–H groups in total. The molecule has 0 atom stereocenters. The number of nitrogens with one attached hydrogen (secondary N) is 1. The average molecular weight is 244 g/mol. The van der Waals surface area contributed by atoms with Gasteiger partial charge in [-0.05, 0) is 13.0 Å². The van der Waals surface area contributed by atoms with Crippen molar-refractivity contribution in [3.05, 3.63) is 30.0 Å². The van der Waals surface area contributed by atoms with Gasteiger partial charge in [-0.1, -0.05) is 29.5 Å². The van der Waals surface area contributed by atoms with Gasteiger partial charge in [-0.2, -0.15) is 0 Å². The minimum atomic E-state index is 0.502. The Kier molecular flexibility index (Phi) is 2.09. The Bertz CT molecular complexity index is 696. The molecule has 5 heteroatoms. The molecule has 1 aromatic carbocycles. The lowest BCUT2D eigenvalue weighted by Crippen LogP contribution is -1.87. The topological polar surface area (TPSA) is 80.7 Å². The number of hydrogen-bond donors (Lipinski definition) is 3. The standard InChI is InChI=1S/C12H12N4S/c1-6-9(10-11(13)17-12(14)16-10)7-4-2-3-5-8(7)15-6/h2-5,15H,13H2,1H3,(H2,14,16). The molecular weight excluding hydrogens is 232 g/mol. The Morgan fingerprint density at radius 3 is 2.71 bits per heavy atom. The lowest BCUT2D eigenvalue weighted by atomic mass is 10.1. The molecule has 0 saturated heterocycles. The van der Waals surface area contributed by atoms with Gasteiger partial charge in [-0.3, -0.25) is 0 Å². The Balaban J connectivity index is 2.37. The largest absolute Gasteiger partial charge is 0.389 e. The molecule has 86 valence electrons. The van der Waals surface area contributed by atoms with E-state index in [9.17, 15) is 0 Å². The van der Waals surface area contributed by atoms with Crippen LogP contribution >= 0.6 is 11.3 Å². The van der Waals surface area contributed by atoms with E-state index in [0.29, 0.717) is 10.1 Å². The van der Waals surface area contributed by atoms with E-state index in [0.717, 1.165) is 27.9 Å². The number of thiazole rings is 1. The zero-order valence-corrected chi connectivity index (χ0v) is 10.1. The van der Waals surface area contributed by atoms with Crippen molar-refractivity contribution in [1.29, 1.82) is 0 Å². The maximum Gasteiger partial charge on any atom is 0.182 e. The average Bonchev–Trinajstić information content (AvgIpc) is 2.77. The first kappa shape index (κ1) is 10.2. The number of aryl methyl sites for hydroxylation is 1. The number of nitrogen functional groups attached to an aromatic ring is 2. The molecule has 2 heterocycles. The van der Waals surface area contributed by atoms with Crippen LogP contribution in [0.4, 0.5) is 10.1 Å². The van der Waals surface area contributed by atoms with Gasteiger partial charge in [0.25, 0.3) is 0 Å². The smallest absolute Gasteiger partial charge is 0.182 e. The number of aromatic nitrogens is 2. The van der Waals surface area contributed by atoms with Crippen molar-refractivity contribution in [1.82, 2.24) is 9.97 Å². The maximum absolute atomic E-state index is 5.95. The van der Waals surface area contributed by atoms with Crippen LogP contribution < -0.4 is 11.5 Å². The number of para-hydroxylation sites is 1. The summed E-state index contributed by atoms with van der Waals surface area (Å²) < 4.78 is 0. The van der Waals surface area contributed by atoms with Crippen molar-refractivity contribution in [2.75, 3.05) is 11.5 Å². The maximum atomic E-state index is 5.95. The van der Waals surface area contributed by atoms with Crippen LogP contribution in [0.2, 0.25) is 0 Å². The molecule has 2 aromatic heterocycles. The molecule has 17 heavy (non-hydrogen) atoms. The number of fused-ring (bicyclic) bond motifs is 1. The van der Waals surface area contributed by atoms with Gasteiger partial charge in [-0.15, -0.1) is 0 Å². The lowest BCUT2D eigenvalue weighted by molar-refractivity contribution is 1.29. The lowest BCUT2D eigenvalue weighted by Gasteiger charge is -1.98. The summed E-state index contributed by atoms with van der Waals surface area (Å²) in [5.41, 5.74) is 15.6. The molecule has 0 spiro atoms. The molecule has 0 unspecified atom stereocenters. The van der Waals surface area contributed by atoms with Gasteiger partial charge < -0.3 is 16.5 Å². The molecule has 0 aliphatic heterocycles. The van der Waals surface area contributed by atoms with Gasteiger partial charge in [0.1, 0.15) is 10.7 Å². The van der Waals surface area contributed by atoms with Gasteiger partial charge in [0.05, 0.1) is 0 Å². The molecule has 0 fully saturated rings. The molecule has 0 radical (unpaired) electrons. The second-order valence-electron chi connectivity index (χ2n) is 3.94. The van der Waals surface area contributed by atoms with E-state index >= 15 is 0 Å². The predicted molar refractivity (Wildman–Crippen MR) is 73.0 cm³/mol. The summed E-state index contributed by atoms with van der Waals surface area (Å²) in [5, 5.41) is 2.29. The van der Waals surface area contributed by atoms with Crippen molar-refractivity contribution in [3.63, 3.8) is 0 Å². The molecule has 0 aliphatic carbocycles. The van der Waals surface area contributed by atoms with Crippen LogP contribution in [0.25, 0.3) is 22.2 Å². The Morgan fingerprint density at radius 1 is 1.24 bits per heavy atom. The van der Waals surface area contributed by atoms with Crippen LogP contribution in [-0.2, 0) is 0 Å². The van der Waals surface area contributed by atoms with Gasteiger partial charge in [-0.25, -0.2) is 4.98 Å². The molecule has 0 amide bonds. The summed E-state index contributed by atoms with van der Waals surface area (Å²) in [6.45, 7) is 2.02. The van der Waals surface area contributed by atoms with E-state index in [1.54, 1.807) is 0 Å². The minimum absolute atomic E-state index is 0.502. The summed E-state index contributed by atoms with van der Waals surface area (Å²) in [5.74, 6) is 0. The summed E-state index contributed by atoms with van der Waals surface area (Å²) in [6.07, 6.45) is 0. The fourth-order valence-corrected chi connectivity index (χ4v) is 2.72. The molecule has 0 aliphatic rings. The summed E-state index contributed by atoms with van der Waals surface area (Å²) in [7, 11) is 0. The zero-order chi connectivity index (χ0) is 12.0. The van der Waals surface area contributed by atoms with Gasteiger partial charge in [0, 0.05) is 22.2 Å². The molecule has 3 rings (SSSR count). The van der Waals surface area contributed by atoms with Crippen LogP contribution in [0.15, 0.2) is 24.3 Å². The van der Waals surface area contributed by atoms with E-state index in [1.165, 1.54) is 11.3 Å². The van der Waals surface area contributed by atoms with Crippen LogP contribution in [-0.4, -0.2) is 9.97 Å². The molecule has 0 saturated carbocycles. The first-order chi connectivity index (χ1) is 8.16. The molecular formula is C12H12N4S. The van der Waals surface area contributed by atoms with Crippen LogP contribution in [0.3, 0.4) is 0 Å². The first-order valence-corrected chi connectivity index (χ1v) is 6.08. The van der Waals surface area contributed by atoms with Crippen molar-refractivity contribution < 1.29 is 0 Å². The second kappa shape index (κ2) is 3.49. The molecule has 4 nitrogen and oxygen atoms in total. The monoisotopic (exact) mass is 244 g/mol. The van der Waals surface area contributed by atoms with E-state index in [4.69, 9.17) is 11.5 Å². The van der Waals surface area contributed by atoms with E-state index < -0.39 is 0 Å². The van der Waals surface area contributed by atoms with Crippen molar-refractivity contribution in [3.8, 4) is 11.3 Å². The van der Waals surface area contributed by atoms with E-state index in [-0.39, 0.29) is 0 Å². The highest BCUT2D eigenvalue weighted by atomic mass is 32.1. The number of rotatable bonds is 1. The van der Waals surface area contributed by atoms with Crippen LogP contribution in [0.5, 0.6) is 0 Å². The number of nitrogens with zero attached hydrogens (tertiary/aromatic N) is 1. The highest BCUT2D eigenvalue weighted by Crippen LogP contribution is 2.38. The number of H-pyrrole nitrogens is 1. The number of aromatic amines is 1. The number of anilines is 2. The van der Waals surface area contributed by atoms with Crippen molar-refractivity contribution in [2.45, 2.75) is 6.92 Å². The fourth-order valence-electron chi connectivity index (χ4n) is 2.11. The van der Waals surface area contributed by atoms with E-state index in [2.05, 4.69) is 16.0 Å². The fraction of sp³-hybridized carbons (Fsp3) is 0.0833. The first-order valence-electron chi connectivity index (χ1n) is 5.26. The normalized spacial score (nSPS) is 11.1. The highest BCUT2D eigenvalue weighted by Gasteiger charge is 2.16. The number of nitrogens with two attached hydrogens (primary N) is 2. The number of hydrogen-bond acceptors (Lipinski definition) is 4. The predicted octanol–water partition coefficient (Wildman–Crippen LogP) is 2.76. The van der Waals surface area contributed by atoms with Gasteiger partial charge >= 0.3 is 0 Å². The van der Waals surface area contributed by atoms with Gasteiger partial charge in [0.2, 0.25) is 0 Å². The highest BCUT2D eigenvalue weighted by molar-refractivity contribution is 7.19. The third-order valence-corrected chi connectivity index (χ3v) is 3.51.